The van der Waals surface area contributed by atoms with E-state index in [1.165, 1.54) is 6.07 Å². The van der Waals surface area contributed by atoms with Crippen LogP contribution in [0.3, 0.4) is 0 Å². The van der Waals surface area contributed by atoms with Gasteiger partial charge in [0, 0.05) is 24.1 Å². The number of halogens is 1. The predicted octanol–water partition coefficient (Wildman–Crippen LogP) is 3.76. The molecule has 0 saturated carbocycles. The highest BCUT2D eigenvalue weighted by Gasteiger charge is 2.27. The zero-order valence-corrected chi connectivity index (χ0v) is 13.7. The van der Waals surface area contributed by atoms with Gasteiger partial charge in [0.05, 0.1) is 12.7 Å². The van der Waals surface area contributed by atoms with Gasteiger partial charge in [0.15, 0.2) is 0 Å². The smallest absolute Gasteiger partial charge is 0.256 e. The molecule has 0 radical (unpaired) electrons. The molecule has 2 aromatic rings. The highest BCUT2D eigenvalue weighted by atomic mass is 32.2. The van der Waals surface area contributed by atoms with Crippen molar-refractivity contribution >= 4 is 17.7 Å². The van der Waals surface area contributed by atoms with Crippen LogP contribution in [-0.4, -0.2) is 36.8 Å². The molecule has 0 aliphatic carbocycles. The lowest BCUT2D eigenvalue weighted by Gasteiger charge is -2.32. The minimum atomic E-state index is -0.461. The van der Waals surface area contributed by atoms with Crippen molar-refractivity contribution in [3.63, 3.8) is 0 Å². The Balaban J connectivity index is 1.75. The number of benzene rings is 2. The van der Waals surface area contributed by atoms with Crippen molar-refractivity contribution in [3.8, 4) is 5.75 Å². The van der Waals surface area contributed by atoms with Crippen LogP contribution in [-0.2, 0) is 0 Å². The maximum Gasteiger partial charge on any atom is 0.256 e. The highest BCUT2D eigenvalue weighted by Crippen LogP contribution is 2.34. The van der Waals surface area contributed by atoms with E-state index in [-0.39, 0.29) is 16.7 Å². The molecule has 0 spiro atoms. The molecule has 1 amide bonds. The lowest BCUT2D eigenvalue weighted by molar-refractivity contribution is 0.0756. The van der Waals surface area contributed by atoms with Crippen LogP contribution in [0.1, 0.15) is 21.2 Å². The fourth-order valence-corrected chi connectivity index (χ4v) is 3.90. The normalized spacial score (nSPS) is 17.8. The van der Waals surface area contributed by atoms with E-state index in [0.29, 0.717) is 13.1 Å². The van der Waals surface area contributed by atoms with Crippen LogP contribution in [0.2, 0.25) is 0 Å². The van der Waals surface area contributed by atoms with E-state index in [9.17, 15) is 9.18 Å². The van der Waals surface area contributed by atoms with Crippen molar-refractivity contribution in [2.45, 2.75) is 5.25 Å². The molecule has 1 aliphatic rings. The average Bonchev–Trinajstić information content (AvgIpc) is 2.62. The lowest BCUT2D eigenvalue weighted by Crippen LogP contribution is -2.39. The van der Waals surface area contributed by atoms with Crippen LogP contribution >= 0.6 is 11.8 Å². The molecule has 1 saturated heterocycles. The van der Waals surface area contributed by atoms with Gasteiger partial charge >= 0.3 is 0 Å². The summed E-state index contributed by atoms with van der Waals surface area (Å²) in [7, 11) is 1.64. The Morgan fingerprint density at radius 2 is 1.96 bits per heavy atom. The topological polar surface area (TPSA) is 29.5 Å². The van der Waals surface area contributed by atoms with Crippen molar-refractivity contribution in [3.05, 3.63) is 65.5 Å². The Kier molecular flexibility index (Phi) is 4.86. The first-order valence-electron chi connectivity index (χ1n) is 7.48. The van der Waals surface area contributed by atoms with Gasteiger partial charge in [0.25, 0.3) is 5.91 Å². The number of ether oxygens (including phenoxy) is 1. The maximum atomic E-state index is 13.8. The summed E-state index contributed by atoms with van der Waals surface area (Å²) in [5.41, 5.74) is 1.30. The largest absolute Gasteiger partial charge is 0.497 e. The summed E-state index contributed by atoms with van der Waals surface area (Å²) >= 11 is 1.82. The van der Waals surface area contributed by atoms with Crippen LogP contribution in [0.5, 0.6) is 5.75 Å². The van der Waals surface area contributed by atoms with E-state index < -0.39 is 5.82 Å². The number of thioether (sulfide) groups is 1. The van der Waals surface area contributed by atoms with Gasteiger partial charge < -0.3 is 9.64 Å². The second kappa shape index (κ2) is 7.04. The van der Waals surface area contributed by atoms with Gasteiger partial charge in [-0.15, -0.1) is 0 Å². The Hall–Kier alpha value is -2.01. The Labute approximate surface area is 139 Å². The molecule has 1 unspecified atom stereocenters. The summed E-state index contributed by atoms with van der Waals surface area (Å²) in [5.74, 6) is 0.962. The summed E-state index contributed by atoms with van der Waals surface area (Å²) in [4.78, 5) is 14.3. The SMILES string of the molecule is COc1ccc(C2CN(C(=O)c3ccccc3F)CCS2)cc1. The molecule has 1 fully saturated rings. The summed E-state index contributed by atoms with van der Waals surface area (Å²) in [6, 6.07) is 14.0. The van der Waals surface area contributed by atoms with Gasteiger partial charge in [-0.05, 0) is 29.8 Å². The fourth-order valence-electron chi connectivity index (χ4n) is 2.66. The third kappa shape index (κ3) is 3.50. The summed E-state index contributed by atoms with van der Waals surface area (Å²) in [6.07, 6.45) is 0. The minimum Gasteiger partial charge on any atom is -0.497 e. The number of amides is 1. The molecule has 120 valence electrons. The number of hydrogen-bond acceptors (Lipinski definition) is 3. The third-order valence-corrected chi connectivity index (χ3v) is 5.19. The molecule has 5 heteroatoms. The Morgan fingerprint density at radius 1 is 1.22 bits per heavy atom. The van der Waals surface area contributed by atoms with Crippen LogP contribution in [0.4, 0.5) is 4.39 Å². The van der Waals surface area contributed by atoms with E-state index in [4.69, 9.17) is 4.74 Å². The molecule has 0 bridgehead atoms. The van der Waals surface area contributed by atoms with Crippen LogP contribution in [0.15, 0.2) is 48.5 Å². The number of carbonyl (C=O) groups excluding carboxylic acids is 1. The monoisotopic (exact) mass is 331 g/mol. The molecule has 23 heavy (non-hydrogen) atoms. The lowest BCUT2D eigenvalue weighted by atomic mass is 10.1. The summed E-state index contributed by atoms with van der Waals surface area (Å²) < 4.78 is 19.0. The molecular weight excluding hydrogens is 313 g/mol. The number of nitrogens with zero attached hydrogens (tertiary/aromatic N) is 1. The summed E-state index contributed by atoms with van der Waals surface area (Å²) in [6.45, 7) is 1.23. The predicted molar refractivity (Wildman–Crippen MR) is 90.5 cm³/mol. The first kappa shape index (κ1) is 15.9. The first-order valence-corrected chi connectivity index (χ1v) is 8.53. The van der Waals surface area contributed by atoms with Gasteiger partial charge in [-0.1, -0.05) is 24.3 Å². The van der Waals surface area contributed by atoms with Gasteiger partial charge in [0.2, 0.25) is 0 Å². The maximum absolute atomic E-state index is 13.8. The van der Waals surface area contributed by atoms with Crippen LogP contribution < -0.4 is 4.74 Å². The quantitative estimate of drug-likeness (QED) is 0.857. The van der Waals surface area contributed by atoms with E-state index >= 15 is 0 Å². The minimum absolute atomic E-state index is 0.146. The number of carbonyl (C=O) groups is 1. The number of hydrogen-bond donors (Lipinski definition) is 0. The highest BCUT2D eigenvalue weighted by molar-refractivity contribution is 7.99. The van der Waals surface area contributed by atoms with Gasteiger partial charge in [0.1, 0.15) is 11.6 Å². The van der Waals surface area contributed by atoms with Crippen molar-refractivity contribution in [2.75, 3.05) is 26.0 Å². The molecule has 3 rings (SSSR count). The number of rotatable bonds is 3. The van der Waals surface area contributed by atoms with Crippen LogP contribution in [0.25, 0.3) is 0 Å². The van der Waals surface area contributed by atoms with E-state index in [1.54, 1.807) is 30.2 Å². The molecule has 1 heterocycles. The molecule has 3 nitrogen and oxygen atoms in total. The fraction of sp³-hybridized carbons (Fsp3) is 0.278. The molecule has 1 aliphatic heterocycles. The Morgan fingerprint density at radius 3 is 2.65 bits per heavy atom. The van der Waals surface area contributed by atoms with Crippen molar-refractivity contribution in [1.82, 2.24) is 4.90 Å². The molecular formula is C18H18FNO2S. The first-order chi connectivity index (χ1) is 11.2. The van der Waals surface area contributed by atoms with Gasteiger partial charge in [-0.3, -0.25) is 4.79 Å². The summed E-state index contributed by atoms with van der Waals surface area (Å²) in [5, 5.41) is 0.199. The molecule has 1 atom stereocenters. The average molecular weight is 331 g/mol. The van der Waals surface area contributed by atoms with Crippen molar-refractivity contribution in [1.29, 1.82) is 0 Å². The van der Waals surface area contributed by atoms with Crippen molar-refractivity contribution < 1.29 is 13.9 Å². The zero-order chi connectivity index (χ0) is 16.2. The second-order valence-corrected chi connectivity index (χ2v) is 6.67. The molecule has 2 aromatic carbocycles. The van der Waals surface area contributed by atoms with E-state index in [1.807, 2.05) is 36.0 Å². The standard InChI is InChI=1S/C18H18FNO2S/c1-22-14-8-6-13(7-9-14)17-12-20(10-11-23-17)18(21)15-4-2-3-5-16(15)19/h2-9,17H,10-12H2,1H3. The molecule has 0 aromatic heterocycles. The van der Waals surface area contributed by atoms with Gasteiger partial charge in [-0.2, -0.15) is 11.8 Å². The Bertz CT molecular complexity index is 690. The number of methoxy groups -OCH3 is 1. The zero-order valence-electron chi connectivity index (χ0n) is 12.9. The second-order valence-electron chi connectivity index (χ2n) is 5.36. The van der Waals surface area contributed by atoms with Gasteiger partial charge in [-0.25, -0.2) is 4.39 Å². The van der Waals surface area contributed by atoms with Crippen molar-refractivity contribution in [2.24, 2.45) is 0 Å². The van der Waals surface area contributed by atoms with E-state index in [0.717, 1.165) is 17.1 Å². The van der Waals surface area contributed by atoms with Crippen LogP contribution in [0, 0.1) is 5.82 Å². The van der Waals surface area contributed by atoms with E-state index in [2.05, 4.69) is 0 Å². The molecule has 0 N–H and O–H groups in total. The third-order valence-electron chi connectivity index (χ3n) is 3.95.